The maximum Gasteiger partial charge on any atom is 0.0574 e. The molecule has 1 atom stereocenters. The van der Waals surface area contributed by atoms with Crippen LogP contribution in [0.2, 0.25) is 0 Å². The quantitative estimate of drug-likeness (QED) is 0.837. The fourth-order valence-electron chi connectivity index (χ4n) is 1.60. The normalized spacial score (nSPS) is 17.3. The van der Waals surface area contributed by atoms with Gasteiger partial charge >= 0.3 is 0 Å². The molecule has 1 fully saturated rings. The summed E-state index contributed by atoms with van der Waals surface area (Å²) in [5, 5.41) is 0. The number of nitrogens with two attached hydrogens (primary N) is 1. The van der Waals surface area contributed by atoms with Gasteiger partial charge in [0.2, 0.25) is 0 Å². The van der Waals surface area contributed by atoms with E-state index in [1.54, 1.807) is 0 Å². The van der Waals surface area contributed by atoms with E-state index in [0.29, 0.717) is 0 Å². The molecule has 0 unspecified atom stereocenters. The maximum atomic E-state index is 6.04. The zero-order valence-corrected chi connectivity index (χ0v) is 9.26. The first kappa shape index (κ1) is 11.5. The summed E-state index contributed by atoms with van der Waals surface area (Å²) < 4.78 is 0. The second kappa shape index (κ2) is 4.76. The molecule has 0 aliphatic heterocycles. The van der Waals surface area contributed by atoms with E-state index < -0.39 is 0 Å². The van der Waals surface area contributed by atoms with Gasteiger partial charge in [0.05, 0.1) is 5.69 Å². The summed E-state index contributed by atoms with van der Waals surface area (Å²) in [4.78, 5) is 4.43. The average Bonchev–Trinajstić information content (AvgIpc) is 2.88. The van der Waals surface area contributed by atoms with Crippen LogP contribution >= 0.6 is 12.4 Å². The second-order valence-corrected chi connectivity index (χ2v) is 3.99. The fraction of sp³-hybridized carbons (Fsp3) is 0.545. The Hall–Kier alpha value is -0.600. The molecule has 0 amide bonds. The van der Waals surface area contributed by atoms with Crippen LogP contribution in [0.1, 0.15) is 36.7 Å². The van der Waals surface area contributed by atoms with Gasteiger partial charge in [0.1, 0.15) is 0 Å². The highest BCUT2D eigenvalue weighted by molar-refractivity contribution is 5.85. The minimum atomic E-state index is 0. The first-order valence-corrected chi connectivity index (χ1v) is 4.95. The van der Waals surface area contributed by atoms with E-state index >= 15 is 0 Å². The number of aromatic nitrogens is 1. The van der Waals surface area contributed by atoms with Crippen LogP contribution in [0.4, 0.5) is 0 Å². The molecular weight excluding hydrogens is 196 g/mol. The molecule has 1 saturated carbocycles. The first-order chi connectivity index (χ1) is 6.25. The molecule has 0 radical (unpaired) electrons. The predicted molar refractivity (Wildman–Crippen MR) is 60.5 cm³/mol. The molecular formula is C11H17ClN2. The summed E-state index contributed by atoms with van der Waals surface area (Å²) in [5.41, 5.74) is 8.15. The molecule has 1 aliphatic carbocycles. The average molecular weight is 213 g/mol. The van der Waals surface area contributed by atoms with Gasteiger partial charge in [0.15, 0.2) is 0 Å². The third-order valence-electron chi connectivity index (χ3n) is 2.57. The Morgan fingerprint density at radius 3 is 2.79 bits per heavy atom. The fourth-order valence-corrected chi connectivity index (χ4v) is 1.60. The van der Waals surface area contributed by atoms with E-state index in [1.807, 2.05) is 25.1 Å². The van der Waals surface area contributed by atoms with Gasteiger partial charge in [-0.1, -0.05) is 18.9 Å². The number of hydrogen-bond donors (Lipinski definition) is 1. The van der Waals surface area contributed by atoms with Crippen molar-refractivity contribution in [2.75, 3.05) is 0 Å². The van der Waals surface area contributed by atoms with Crippen LogP contribution in [0.15, 0.2) is 18.2 Å². The lowest BCUT2D eigenvalue weighted by molar-refractivity contribution is 0.582. The monoisotopic (exact) mass is 212 g/mol. The smallest absolute Gasteiger partial charge is 0.0574 e. The van der Waals surface area contributed by atoms with Crippen molar-refractivity contribution in [3.63, 3.8) is 0 Å². The van der Waals surface area contributed by atoms with Gasteiger partial charge in [-0.05, 0) is 31.4 Å². The third kappa shape index (κ3) is 2.96. The molecule has 14 heavy (non-hydrogen) atoms. The van der Waals surface area contributed by atoms with Crippen molar-refractivity contribution in [2.24, 2.45) is 11.7 Å². The van der Waals surface area contributed by atoms with E-state index in [0.717, 1.165) is 23.7 Å². The summed E-state index contributed by atoms with van der Waals surface area (Å²) in [5.74, 6) is 0.873. The van der Waals surface area contributed by atoms with E-state index in [2.05, 4.69) is 4.98 Å². The van der Waals surface area contributed by atoms with E-state index in [9.17, 15) is 0 Å². The highest BCUT2D eigenvalue weighted by Crippen LogP contribution is 2.36. The van der Waals surface area contributed by atoms with E-state index in [1.165, 1.54) is 12.8 Å². The summed E-state index contributed by atoms with van der Waals surface area (Å²) in [6.07, 6.45) is 3.83. The minimum Gasteiger partial charge on any atom is -0.323 e. The van der Waals surface area contributed by atoms with Gasteiger partial charge in [-0.2, -0.15) is 0 Å². The van der Waals surface area contributed by atoms with Crippen LogP contribution in [0.3, 0.4) is 0 Å². The molecule has 0 saturated heterocycles. The zero-order valence-electron chi connectivity index (χ0n) is 8.44. The Balaban J connectivity index is 0.000000980. The Bertz CT molecular complexity index is 297. The highest BCUT2D eigenvalue weighted by atomic mass is 35.5. The van der Waals surface area contributed by atoms with E-state index in [4.69, 9.17) is 5.73 Å². The summed E-state index contributed by atoms with van der Waals surface area (Å²) in [6.45, 7) is 2.01. The van der Waals surface area contributed by atoms with Gasteiger partial charge in [-0.15, -0.1) is 12.4 Å². The molecule has 2 rings (SSSR count). The SMILES string of the molecule is Cc1cccc([C@@H](N)CC2CC2)n1.Cl. The number of nitrogens with zero attached hydrogens (tertiary/aromatic N) is 1. The Labute approximate surface area is 91.3 Å². The van der Waals surface area contributed by atoms with E-state index in [-0.39, 0.29) is 18.4 Å². The molecule has 1 aromatic heterocycles. The maximum absolute atomic E-state index is 6.04. The topological polar surface area (TPSA) is 38.9 Å². The van der Waals surface area contributed by atoms with Crippen LogP contribution < -0.4 is 5.73 Å². The molecule has 0 spiro atoms. The number of aryl methyl sites for hydroxylation is 1. The Morgan fingerprint density at radius 1 is 1.50 bits per heavy atom. The highest BCUT2D eigenvalue weighted by Gasteiger charge is 2.24. The lowest BCUT2D eigenvalue weighted by atomic mass is 10.1. The third-order valence-corrected chi connectivity index (χ3v) is 2.57. The molecule has 1 aromatic rings. The van der Waals surface area contributed by atoms with Crippen LogP contribution in [0.25, 0.3) is 0 Å². The number of halogens is 1. The largest absolute Gasteiger partial charge is 0.323 e. The van der Waals surface area contributed by atoms with Crippen LogP contribution in [-0.4, -0.2) is 4.98 Å². The zero-order chi connectivity index (χ0) is 9.26. The molecule has 1 heterocycles. The van der Waals surface area contributed by atoms with Crippen LogP contribution in [0.5, 0.6) is 0 Å². The van der Waals surface area contributed by atoms with Crippen molar-refractivity contribution >= 4 is 12.4 Å². The van der Waals surface area contributed by atoms with Crippen molar-refractivity contribution in [1.82, 2.24) is 4.98 Å². The van der Waals surface area contributed by atoms with Gasteiger partial charge < -0.3 is 5.73 Å². The number of rotatable bonds is 3. The lowest BCUT2D eigenvalue weighted by Gasteiger charge is -2.10. The van der Waals surface area contributed by atoms with Gasteiger partial charge in [-0.25, -0.2) is 0 Å². The van der Waals surface area contributed by atoms with Crippen LogP contribution in [-0.2, 0) is 0 Å². The second-order valence-electron chi connectivity index (χ2n) is 3.99. The van der Waals surface area contributed by atoms with Crippen molar-refractivity contribution in [1.29, 1.82) is 0 Å². The van der Waals surface area contributed by atoms with Crippen molar-refractivity contribution in [3.05, 3.63) is 29.6 Å². The Kier molecular flexibility index (Phi) is 3.90. The summed E-state index contributed by atoms with van der Waals surface area (Å²) >= 11 is 0. The predicted octanol–water partition coefficient (Wildman–Crippen LogP) is 2.61. The van der Waals surface area contributed by atoms with Crippen molar-refractivity contribution < 1.29 is 0 Å². The number of pyridine rings is 1. The first-order valence-electron chi connectivity index (χ1n) is 4.95. The van der Waals surface area contributed by atoms with Crippen LogP contribution in [0, 0.1) is 12.8 Å². The molecule has 78 valence electrons. The molecule has 1 aliphatic rings. The minimum absolute atomic E-state index is 0. The molecule has 2 nitrogen and oxygen atoms in total. The molecule has 0 aromatic carbocycles. The Morgan fingerprint density at radius 2 is 2.21 bits per heavy atom. The number of hydrogen-bond acceptors (Lipinski definition) is 2. The molecule has 3 heteroatoms. The van der Waals surface area contributed by atoms with Gasteiger partial charge in [0.25, 0.3) is 0 Å². The molecule has 2 N–H and O–H groups in total. The summed E-state index contributed by atoms with van der Waals surface area (Å²) in [7, 11) is 0. The van der Waals surface area contributed by atoms with Gasteiger partial charge in [-0.3, -0.25) is 4.98 Å². The van der Waals surface area contributed by atoms with Crippen molar-refractivity contribution in [2.45, 2.75) is 32.2 Å². The van der Waals surface area contributed by atoms with Gasteiger partial charge in [0, 0.05) is 11.7 Å². The standard InChI is InChI=1S/C11H16N2.ClH/c1-8-3-2-4-11(13-8)10(12)7-9-5-6-9;/h2-4,9-10H,5-7,12H2,1H3;1H/t10-;/m0./s1. The van der Waals surface area contributed by atoms with Crippen molar-refractivity contribution in [3.8, 4) is 0 Å². The summed E-state index contributed by atoms with van der Waals surface area (Å²) in [6, 6.07) is 6.21. The molecule has 0 bridgehead atoms. The lowest BCUT2D eigenvalue weighted by Crippen LogP contribution is -2.12.